The number of hydrogen-bond acceptors (Lipinski definition) is 6. The summed E-state index contributed by atoms with van der Waals surface area (Å²) < 4.78 is 16.8. The summed E-state index contributed by atoms with van der Waals surface area (Å²) in [5, 5.41) is 0. The van der Waals surface area contributed by atoms with Crippen LogP contribution < -0.4 is 0 Å². The van der Waals surface area contributed by atoms with Crippen molar-refractivity contribution in [3.63, 3.8) is 0 Å². The van der Waals surface area contributed by atoms with Crippen LogP contribution in [0.5, 0.6) is 0 Å². The Hall–Kier alpha value is -3.93. The van der Waals surface area contributed by atoms with Crippen molar-refractivity contribution in [1.82, 2.24) is 0 Å². The topological polar surface area (TPSA) is 78.9 Å². The molecule has 0 rings (SSSR count). The molecule has 0 N–H and O–H groups in total. The number of unbranched alkanes of at least 4 members (excludes halogenated alkanes) is 24. The minimum Gasteiger partial charge on any atom is -0.462 e. The third-order valence-electron chi connectivity index (χ3n) is 11.2. The van der Waals surface area contributed by atoms with Gasteiger partial charge in [0.1, 0.15) is 13.2 Å². The van der Waals surface area contributed by atoms with Crippen molar-refractivity contribution in [2.75, 3.05) is 13.2 Å². The number of rotatable bonds is 47. The van der Waals surface area contributed by atoms with Gasteiger partial charge in [-0.1, -0.05) is 259 Å². The Kier molecular flexibility index (Phi) is 50.5. The molecule has 0 saturated carbocycles. The molecule has 0 aromatic heterocycles. The maximum atomic E-state index is 12.8. The number of carbonyl (C=O) groups is 3. The first-order valence-corrected chi connectivity index (χ1v) is 27.0. The highest BCUT2D eigenvalue weighted by Crippen LogP contribution is 2.15. The molecule has 0 fully saturated rings. The van der Waals surface area contributed by atoms with E-state index in [1.54, 1.807) is 0 Å². The molecule has 0 radical (unpaired) electrons. The van der Waals surface area contributed by atoms with Gasteiger partial charge in [0.25, 0.3) is 0 Å². The molecule has 0 aliphatic heterocycles. The lowest BCUT2D eigenvalue weighted by molar-refractivity contribution is -0.167. The van der Waals surface area contributed by atoms with Crippen LogP contribution in [0.15, 0.2) is 109 Å². The SMILES string of the molecule is CC\C=C/C=C\C=C/C=C\C=C\C=C/C=C\CCCCCC(=O)OCC(COC(=O)CCCCCCC/C=C\C/C=C\CC)OC(=O)CCCCCCCCCCCCCCCCCCC. The standard InChI is InChI=1S/C60H98O6/c1-4-7-10-13-16-19-22-25-27-29-30-32-33-35-38-41-44-47-50-53-59(62)65-56-57(55-64-58(61)52-49-46-43-40-37-24-21-18-15-12-9-6-3)66-60(63)54-51-48-45-42-39-36-34-31-28-26-23-20-17-14-11-8-5-2/h7,9-10,12-13,16,18-19,21-22,25,27,29-30,32-33,35,38,57H,4-6,8,11,14-15,17,20,23-24,26,28,31,34,36-37,39-56H2,1-3H3/b10-7-,12-9-,16-13-,21-18-,22-19-,27-25-,30-29+,33-32-,38-35-. The van der Waals surface area contributed by atoms with Gasteiger partial charge in [-0.25, -0.2) is 0 Å². The quantitative estimate of drug-likeness (QED) is 0.0199. The molecule has 374 valence electrons. The fraction of sp³-hybridized carbons (Fsp3) is 0.650. The van der Waals surface area contributed by atoms with Crippen molar-refractivity contribution in [3.05, 3.63) is 109 Å². The van der Waals surface area contributed by atoms with E-state index < -0.39 is 6.10 Å². The van der Waals surface area contributed by atoms with Crippen LogP contribution in [0, 0.1) is 0 Å². The van der Waals surface area contributed by atoms with Gasteiger partial charge in [-0.3, -0.25) is 14.4 Å². The molecule has 0 spiro atoms. The summed E-state index contributed by atoms with van der Waals surface area (Å²) in [6.45, 7) is 6.33. The van der Waals surface area contributed by atoms with Crippen LogP contribution in [0.1, 0.15) is 233 Å². The predicted octanol–water partition coefficient (Wildman–Crippen LogP) is 17.9. The van der Waals surface area contributed by atoms with Gasteiger partial charge in [0, 0.05) is 19.3 Å². The highest BCUT2D eigenvalue weighted by atomic mass is 16.6. The van der Waals surface area contributed by atoms with Crippen molar-refractivity contribution in [1.29, 1.82) is 0 Å². The lowest BCUT2D eigenvalue weighted by Crippen LogP contribution is -2.30. The summed E-state index contributed by atoms with van der Waals surface area (Å²) >= 11 is 0. The first kappa shape index (κ1) is 62.1. The lowest BCUT2D eigenvalue weighted by atomic mass is 10.0. The maximum Gasteiger partial charge on any atom is 0.306 e. The van der Waals surface area contributed by atoms with Crippen LogP contribution in [0.2, 0.25) is 0 Å². The second-order valence-corrected chi connectivity index (χ2v) is 17.6. The van der Waals surface area contributed by atoms with Crippen LogP contribution in [-0.2, 0) is 28.6 Å². The zero-order valence-electron chi connectivity index (χ0n) is 42.7. The van der Waals surface area contributed by atoms with E-state index in [0.29, 0.717) is 19.3 Å². The van der Waals surface area contributed by atoms with Gasteiger partial charge in [-0.15, -0.1) is 0 Å². The molecule has 6 heteroatoms. The van der Waals surface area contributed by atoms with Crippen molar-refractivity contribution >= 4 is 17.9 Å². The van der Waals surface area contributed by atoms with E-state index in [1.807, 2.05) is 72.9 Å². The zero-order valence-corrected chi connectivity index (χ0v) is 42.7. The van der Waals surface area contributed by atoms with Crippen LogP contribution in [0.3, 0.4) is 0 Å². The molecule has 6 nitrogen and oxygen atoms in total. The second kappa shape index (κ2) is 53.7. The highest BCUT2D eigenvalue weighted by molar-refractivity contribution is 5.71. The second-order valence-electron chi connectivity index (χ2n) is 17.6. The fourth-order valence-corrected chi connectivity index (χ4v) is 7.23. The van der Waals surface area contributed by atoms with Gasteiger partial charge in [0.05, 0.1) is 0 Å². The molecule has 66 heavy (non-hydrogen) atoms. The molecule has 0 amide bonds. The summed E-state index contributed by atoms with van der Waals surface area (Å²) in [4.78, 5) is 38.0. The molecule has 0 heterocycles. The van der Waals surface area contributed by atoms with E-state index in [9.17, 15) is 14.4 Å². The van der Waals surface area contributed by atoms with Crippen molar-refractivity contribution in [2.45, 2.75) is 239 Å². The predicted molar refractivity (Wildman–Crippen MR) is 283 cm³/mol. The van der Waals surface area contributed by atoms with E-state index in [4.69, 9.17) is 14.2 Å². The first-order valence-electron chi connectivity index (χ1n) is 27.0. The van der Waals surface area contributed by atoms with Crippen LogP contribution in [-0.4, -0.2) is 37.2 Å². The summed E-state index contributed by atoms with van der Waals surface area (Å²) in [6.07, 6.45) is 72.1. The molecule has 0 aliphatic carbocycles. The number of esters is 3. The molecule has 0 aromatic rings. The van der Waals surface area contributed by atoms with Crippen LogP contribution >= 0.6 is 0 Å². The number of allylic oxidation sites excluding steroid dienone is 18. The monoisotopic (exact) mass is 915 g/mol. The molecule has 1 unspecified atom stereocenters. The van der Waals surface area contributed by atoms with Gasteiger partial charge >= 0.3 is 17.9 Å². The Labute approximate surface area is 406 Å². The van der Waals surface area contributed by atoms with Crippen molar-refractivity contribution in [3.8, 4) is 0 Å². The summed E-state index contributed by atoms with van der Waals surface area (Å²) in [5.74, 6) is -0.960. The minimum absolute atomic E-state index is 0.101. The Morgan fingerprint density at radius 3 is 1.11 bits per heavy atom. The van der Waals surface area contributed by atoms with Crippen molar-refractivity contribution < 1.29 is 28.6 Å². The van der Waals surface area contributed by atoms with E-state index in [0.717, 1.165) is 103 Å². The average Bonchev–Trinajstić information content (AvgIpc) is 3.31. The molecule has 0 aliphatic rings. The normalized spacial score (nSPS) is 13.0. The average molecular weight is 915 g/mol. The van der Waals surface area contributed by atoms with Gasteiger partial charge in [-0.2, -0.15) is 0 Å². The summed E-state index contributed by atoms with van der Waals surface area (Å²) in [5.41, 5.74) is 0. The number of hydrogen-bond donors (Lipinski definition) is 0. The van der Waals surface area contributed by atoms with E-state index in [1.165, 1.54) is 89.9 Å². The largest absolute Gasteiger partial charge is 0.462 e. The summed E-state index contributed by atoms with van der Waals surface area (Å²) in [7, 11) is 0. The Balaban J connectivity index is 4.48. The highest BCUT2D eigenvalue weighted by Gasteiger charge is 2.19. The minimum atomic E-state index is -0.803. The molecule has 0 aromatic carbocycles. The Morgan fingerprint density at radius 2 is 0.667 bits per heavy atom. The molecular formula is C60H98O6. The van der Waals surface area contributed by atoms with E-state index in [-0.39, 0.29) is 31.1 Å². The third-order valence-corrected chi connectivity index (χ3v) is 11.2. The fourth-order valence-electron chi connectivity index (χ4n) is 7.23. The van der Waals surface area contributed by atoms with Gasteiger partial charge in [0.2, 0.25) is 0 Å². The summed E-state index contributed by atoms with van der Waals surface area (Å²) in [6, 6.07) is 0. The van der Waals surface area contributed by atoms with Gasteiger partial charge in [0.15, 0.2) is 6.10 Å². The number of ether oxygens (including phenoxy) is 3. The molecular weight excluding hydrogens is 817 g/mol. The molecule has 0 saturated heterocycles. The molecule has 1 atom stereocenters. The van der Waals surface area contributed by atoms with Crippen molar-refractivity contribution in [2.24, 2.45) is 0 Å². The Bertz CT molecular complexity index is 1370. The third kappa shape index (κ3) is 51.1. The van der Waals surface area contributed by atoms with Gasteiger partial charge in [-0.05, 0) is 64.2 Å². The maximum absolute atomic E-state index is 12.8. The Morgan fingerprint density at radius 1 is 0.333 bits per heavy atom. The molecule has 0 bridgehead atoms. The van der Waals surface area contributed by atoms with E-state index in [2.05, 4.69) is 57.2 Å². The van der Waals surface area contributed by atoms with Crippen LogP contribution in [0.25, 0.3) is 0 Å². The van der Waals surface area contributed by atoms with E-state index >= 15 is 0 Å². The van der Waals surface area contributed by atoms with Gasteiger partial charge < -0.3 is 14.2 Å². The smallest absolute Gasteiger partial charge is 0.306 e. The van der Waals surface area contributed by atoms with Crippen LogP contribution in [0.4, 0.5) is 0 Å². The zero-order chi connectivity index (χ0) is 47.9. The number of carbonyl (C=O) groups excluding carboxylic acids is 3. The first-order chi connectivity index (χ1) is 32.5. The lowest BCUT2D eigenvalue weighted by Gasteiger charge is -2.18.